The van der Waals surface area contributed by atoms with Gasteiger partial charge in [-0.05, 0) is 36.8 Å². The standard InChI is InChI=1S/C19H23FN2O/c1-17(2)9-10-18(3)11-19(17,4)15-14(18)16(23)22(21-15)13-8-6-5-7-12(13)20/h5-8,21H,9-11H2,1-4H3/t18?,19-/m0/s1. The number of H-pyrrole nitrogens is 1. The Morgan fingerprint density at radius 3 is 2.52 bits per heavy atom. The second kappa shape index (κ2) is 4.16. The zero-order valence-electron chi connectivity index (χ0n) is 14.2. The van der Waals surface area contributed by atoms with Gasteiger partial charge < -0.3 is 0 Å². The number of nitrogens with zero attached hydrogens (tertiary/aromatic N) is 1. The summed E-state index contributed by atoms with van der Waals surface area (Å²) in [5.74, 6) is -0.380. The molecule has 1 aromatic carbocycles. The number of halogens is 1. The molecular formula is C19H23FN2O. The van der Waals surface area contributed by atoms with Gasteiger partial charge >= 0.3 is 0 Å². The fraction of sp³-hybridized carbons (Fsp3) is 0.526. The monoisotopic (exact) mass is 314 g/mol. The zero-order chi connectivity index (χ0) is 16.6. The number of fused-ring (bicyclic) bond motifs is 5. The Labute approximate surface area is 135 Å². The van der Waals surface area contributed by atoms with Gasteiger partial charge in [-0.3, -0.25) is 9.89 Å². The van der Waals surface area contributed by atoms with Gasteiger partial charge in [0.25, 0.3) is 5.56 Å². The molecule has 23 heavy (non-hydrogen) atoms. The molecule has 2 aliphatic rings. The van der Waals surface area contributed by atoms with E-state index in [-0.39, 0.29) is 27.6 Å². The maximum absolute atomic E-state index is 14.2. The van der Waals surface area contributed by atoms with Crippen molar-refractivity contribution in [3.05, 3.63) is 51.7 Å². The molecule has 1 heterocycles. The molecule has 2 aliphatic carbocycles. The third-order valence-corrected chi connectivity index (χ3v) is 6.68. The van der Waals surface area contributed by atoms with Crippen LogP contribution in [0.1, 0.15) is 58.2 Å². The predicted octanol–water partition coefficient (Wildman–Crippen LogP) is 4.04. The summed E-state index contributed by atoms with van der Waals surface area (Å²) in [7, 11) is 0. The highest BCUT2D eigenvalue weighted by Gasteiger charge is 2.60. The largest absolute Gasteiger partial charge is 0.294 e. The van der Waals surface area contributed by atoms with Gasteiger partial charge in [-0.2, -0.15) is 0 Å². The summed E-state index contributed by atoms with van der Waals surface area (Å²) < 4.78 is 15.6. The van der Waals surface area contributed by atoms with Crippen LogP contribution in [0.5, 0.6) is 0 Å². The smallest absolute Gasteiger partial charge is 0.275 e. The van der Waals surface area contributed by atoms with Gasteiger partial charge in [-0.15, -0.1) is 0 Å². The van der Waals surface area contributed by atoms with Gasteiger partial charge in [0, 0.05) is 22.1 Å². The predicted molar refractivity (Wildman–Crippen MR) is 88.7 cm³/mol. The Morgan fingerprint density at radius 2 is 1.83 bits per heavy atom. The molecule has 0 saturated heterocycles. The van der Waals surface area contributed by atoms with E-state index in [9.17, 15) is 9.18 Å². The quantitative estimate of drug-likeness (QED) is 0.847. The van der Waals surface area contributed by atoms with Crippen molar-refractivity contribution in [1.29, 1.82) is 0 Å². The van der Waals surface area contributed by atoms with Crippen molar-refractivity contribution >= 4 is 0 Å². The Balaban J connectivity index is 2.01. The Kier molecular flexibility index (Phi) is 2.67. The molecule has 1 fully saturated rings. The lowest BCUT2D eigenvalue weighted by Crippen LogP contribution is -2.45. The van der Waals surface area contributed by atoms with E-state index >= 15 is 0 Å². The number of aromatic amines is 1. The average Bonchev–Trinajstić information content (AvgIpc) is 2.92. The number of aromatic nitrogens is 2. The minimum Gasteiger partial charge on any atom is -0.294 e. The van der Waals surface area contributed by atoms with Crippen LogP contribution < -0.4 is 5.56 Å². The summed E-state index contributed by atoms with van der Waals surface area (Å²) >= 11 is 0. The number of para-hydroxylation sites is 1. The summed E-state index contributed by atoms with van der Waals surface area (Å²) in [6.45, 7) is 8.99. The first-order valence-corrected chi connectivity index (χ1v) is 8.31. The third kappa shape index (κ3) is 1.67. The summed E-state index contributed by atoms with van der Waals surface area (Å²) in [6.07, 6.45) is 3.09. The summed E-state index contributed by atoms with van der Waals surface area (Å²) in [4.78, 5) is 13.1. The highest BCUT2D eigenvalue weighted by Crippen LogP contribution is 2.63. The van der Waals surface area contributed by atoms with E-state index in [2.05, 4.69) is 32.8 Å². The van der Waals surface area contributed by atoms with E-state index < -0.39 is 0 Å². The van der Waals surface area contributed by atoms with Crippen LogP contribution in [0.15, 0.2) is 29.1 Å². The maximum atomic E-state index is 14.2. The number of benzene rings is 1. The van der Waals surface area contributed by atoms with Crippen LogP contribution in [0.2, 0.25) is 0 Å². The highest BCUT2D eigenvalue weighted by molar-refractivity contribution is 5.46. The Hall–Kier alpha value is -1.84. The second-order valence-electron chi connectivity index (χ2n) is 8.41. The number of rotatable bonds is 1. The van der Waals surface area contributed by atoms with Gasteiger partial charge in [-0.25, -0.2) is 9.07 Å². The molecule has 0 amide bonds. The van der Waals surface area contributed by atoms with E-state index in [1.807, 2.05) is 0 Å². The molecule has 1 aromatic heterocycles. The van der Waals surface area contributed by atoms with Gasteiger partial charge in [-0.1, -0.05) is 39.8 Å². The first kappa shape index (κ1) is 14.7. The highest BCUT2D eigenvalue weighted by atomic mass is 19.1. The molecule has 2 bridgehead atoms. The van der Waals surface area contributed by atoms with Gasteiger partial charge in [0.05, 0.1) is 0 Å². The Morgan fingerprint density at radius 1 is 1.13 bits per heavy atom. The molecule has 4 heteroatoms. The molecule has 2 aromatic rings. The van der Waals surface area contributed by atoms with E-state index in [1.54, 1.807) is 18.2 Å². The topological polar surface area (TPSA) is 37.8 Å². The third-order valence-electron chi connectivity index (χ3n) is 6.68. The maximum Gasteiger partial charge on any atom is 0.275 e. The number of hydrogen-bond donors (Lipinski definition) is 1. The van der Waals surface area contributed by atoms with Gasteiger partial charge in [0.2, 0.25) is 0 Å². The lowest BCUT2D eigenvalue weighted by atomic mass is 9.56. The SMILES string of the molecule is CC12CCC(C)(C)[C@@](C)(C1)c1[nH]n(-c3ccccc3F)c(=O)c12. The van der Waals surface area contributed by atoms with Crippen molar-refractivity contribution in [3.63, 3.8) is 0 Å². The minimum atomic E-state index is -0.380. The lowest BCUT2D eigenvalue weighted by molar-refractivity contribution is 0.0813. The Bertz CT molecular complexity index is 862. The molecule has 0 spiro atoms. The first-order valence-electron chi connectivity index (χ1n) is 8.31. The molecule has 1 unspecified atom stereocenters. The van der Waals surface area contributed by atoms with Crippen molar-refractivity contribution in [2.75, 3.05) is 0 Å². The summed E-state index contributed by atoms with van der Waals surface area (Å²) in [6, 6.07) is 6.43. The van der Waals surface area contributed by atoms with Crippen LogP contribution in [-0.2, 0) is 10.8 Å². The van der Waals surface area contributed by atoms with Gasteiger partial charge in [0.15, 0.2) is 0 Å². The molecule has 4 rings (SSSR count). The van der Waals surface area contributed by atoms with Crippen molar-refractivity contribution < 1.29 is 4.39 Å². The molecular weight excluding hydrogens is 291 g/mol. The van der Waals surface area contributed by atoms with E-state index in [4.69, 9.17) is 0 Å². The average molecular weight is 314 g/mol. The first-order chi connectivity index (χ1) is 10.7. The molecule has 1 saturated carbocycles. The van der Waals surface area contributed by atoms with Crippen LogP contribution in [0.4, 0.5) is 4.39 Å². The van der Waals surface area contributed by atoms with Crippen LogP contribution >= 0.6 is 0 Å². The second-order valence-corrected chi connectivity index (χ2v) is 8.41. The molecule has 0 radical (unpaired) electrons. The van der Waals surface area contributed by atoms with Crippen molar-refractivity contribution in [1.82, 2.24) is 9.78 Å². The van der Waals surface area contributed by atoms with Crippen LogP contribution in [-0.4, -0.2) is 9.78 Å². The van der Waals surface area contributed by atoms with E-state index in [1.165, 1.54) is 10.7 Å². The minimum absolute atomic E-state index is 0.0784. The van der Waals surface area contributed by atoms with Crippen LogP contribution in [0.3, 0.4) is 0 Å². The van der Waals surface area contributed by atoms with Crippen molar-refractivity contribution in [2.45, 2.75) is 57.8 Å². The number of hydrogen-bond acceptors (Lipinski definition) is 1. The summed E-state index contributed by atoms with van der Waals surface area (Å²) in [5.41, 5.74) is 2.02. The fourth-order valence-corrected chi connectivity index (χ4v) is 4.81. The molecule has 2 atom stereocenters. The van der Waals surface area contributed by atoms with E-state index in [0.717, 1.165) is 30.5 Å². The van der Waals surface area contributed by atoms with Crippen LogP contribution in [0, 0.1) is 11.2 Å². The fourth-order valence-electron chi connectivity index (χ4n) is 4.81. The van der Waals surface area contributed by atoms with Crippen molar-refractivity contribution in [3.8, 4) is 5.69 Å². The zero-order valence-corrected chi connectivity index (χ0v) is 14.2. The molecule has 3 nitrogen and oxygen atoms in total. The molecule has 1 N–H and O–H groups in total. The van der Waals surface area contributed by atoms with Crippen molar-refractivity contribution in [2.24, 2.45) is 5.41 Å². The molecule has 122 valence electrons. The lowest BCUT2D eigenvalue weighted by Gasteiger charge is -2.48. The summed E-state index contributed by atoms with van der Waals surface area (Å²) in [5, 5.41) is 3.28. The van der Waals surface area contributed by atoms with E-state index in [0.29, 0.717) is 5.69 Å². The molecule has 0 aliphatic heterocycles. The van der Waals surface area contributed by atoms with Crippen LogP contribution in [0.25, 0.3) is 5.69 Å². The normalized spacial score (nSPS) is 31.2. The number of nitrogens with one attached hydrogen (secondary N) is 1. The van der Waals surface area contributed by atoms with Gasteiger partial charge in [0.1, 0.15) is 11.5 Å².